The summed E-state index contributed by atoms with van der Waals surface area (Å²) in [4.78, 5) is 37.2. The summed E-state index contributed by atoms with van der Waals surface area (Å²) in [6, 6.07) is 8.15. The number of hydrogen-bond acceptors (Lipinski definition) is 5. The van der Waals surface area contributed by atoms with Gasteiger partial charge < -0.3 is 14.4 Å². The van der Waals surface area contributed by atoms with Crippen LogP contribution in [0.3, 0.4) is 0 Å². The lowest BCUT2D eigenvalue weighted by atomic mass is 10.1. The first-order chi connectivity index (χ1) is 13.8. The Hall–Kier alpha value is -3.26. The number of aryl methyl sites for hydroxylation is 1. The molecule has 2 aromatic heterocycles. The first-order valence-corrected chi connectivity index (χ1v) is 9.27. The number of carbonyl (C=O) groups excluding carboxylic acids is 1. The molecule has 0 amide bonds. The Morgan fingerprint density at radius 1 is 1.17 bits per heavy atom. The molecule has 3 rings (SSSR count). The molecule has 8 heteroatoms. The summed E-state index contributed by atoms with van der Waals surface area (Å²) >= 11 is 0. The zero-order chi connectivity index (χ0) is 21.1. The van der Waals surface area contributed by atoms with E-state index in [0.717, 1.165) is 29.0 Å². The number of ether oxygens (including phenoxy) is 1. The molecular weight excluding hydrogens is 374 g/mol. The van der Waals surface area contributed by atoms with Gasteiger partial charge in [0.15, 0.2) is 11.5 Å². The summed E-state index contributed by atoms with van der Waals surface area (Å²) in [7, 11) is 1.64. The van der Waals surface area contributed by atoms with Gasteiger partial charge in [0, 0.05) is 42.6 Å². The zero-order valence-electron chi connectivity index (χ0n) is 16.6. The van der Waals surface area contributed by atoms with Crippen molar-refractivity contribution < 1.29 is 19.4 Å². The predicted molar refractivity (Wildman–Crippen MR) is 108 cm³/mol. The largest absolute Gasteiger partial charge is 0.476 e. The van der Waals surface area contributed by atoms with E-state index < -0.39 is 11.5 Å². The summed E-state index contributed by atoms with van der Waals surface area (Å²) in [5, 5.41) is 13.9. The van der Waals surface area contributed by atoms with E-state index >= 15 is 0 Å². The number of carboxylic acids is 1. The van der Waals surface area contributed by atoms with Gasteiger partial charge in [0.05, 0.1) is 5.39 Å². The van der Waals surface area contributed by atoms with Crippen LogP contribution in [0.4, 0.5) is 0 Å². The first-order valence-electron chi connectivity index (χ1n) is 9.27. The van der Waals surface area contributed by atoms with Crippen molar-refractivity contribution in [2.75, 3.05) is 13.7 Å². The average Bonchev–Trinajstić information content (AvgIpc) is 2.98. The fourth-order valence-electron chi connectivity index (χ4n) is 3.52. The highest BCUT2D eigenvalue weighted by molar-refractivity contribution is 6.01. The quantitative estimate of drug-likeness (QED) is 0.463. The molecule has 3 aromatic rings. The van der Waals surface area contributed by atoms with Crippen LogP contribution < -0.4 is 5.56 Å². The summed E-state index contributed by atoms with van der Waals surface area (Å²) in [5.41, 5.74) is 1.49. The second kappa shape index (κ2) is 8.40. The SMILES string of the molecule is COCCCn1c(C)cc(C(=O)Cn2nc(C(=O)O)c3ccccc3c2=O)c1C. The second-order valence-electron chi connectivity index (χ2n) is 6.87. The van der Waals surface area contributed by atoms with Crippen molar-refractivity contribution in [1.82, 2.24) is 14.3 Å². The molecule has 8 nitrogen and oxygen atoms in total. The average molecular weight is 397 g/mol. The normalized spacial score (nSPS) is 11.1. The number of hydrogen-bond donors (Lipinski definition) is 1. The number of Topliss-reactive ketones (excluding diaryl/α,β-unsaturated/α-hetero) is 1. The molecule has 0 atom stereocenters. The van der Waals surface area contributed by atoms with Crippen LogP contribution in [-0.4, -0.2) is 44.9 Å². The zero-order valence-corrected chi connectivity index (χ0v) is 16.6. The number of nitrogens with zero attached hydrogens (tertiary/aromatic N) is 3. The third-order valence-corrected chi connectivity index (χ3v) is 4.97. The number of benzene rings is 1. The van der Waals surface area contributed by atoms with Gasteiger partial charge in [-0.1, -0.05) is 18.2 Å². The fraction of sp³-hybridized carbons (Fsp3) is 0.333. The molecule has 0 unspecified atom stereocenters. The van der Waals surface area contributed by atoms with Crippen molar-refractivity contribution in [2.24, 2.45) is 0 Å². The number of ketones is 1. The van der Waals surface area contributed by atoms with Crippen molar-refractivity contribution in [1.29, 1.82) is 0 Å². The van der Waals surface area contributed by atoms with Gasteiger partial charge >= 0.3 is 5.97 Å². The van der Waals surface area contributed by atoms with E-state index in [2.05, 4.69) is 5.10 Å². The van der Waals surface area contributed by atoms with E-state index in [4.69, 9.17) is 4.74 Å². The van der Waals surface area contributed by atoms with Crippen LogP contribution in [0, 0.1) is 13.8 Å². The maximum atomic E-state index is 12.9. The number of carboxylic acid groups (broad SMARTS) is 1. The van der Waals surface area contributed by atoms with Gasteiger partial charge in [-0.3, -0.25) is 9.59 Å². The van der Waals surface area contributed by atoms with Gasteiger partial charge in [-0.15, -0.1) is 0 Å². The van der Waals surface area contributed by atoms with Crippen molar-refractivity contribution in [3.05, 3.63) is 63.3 Å². The van der Waals surface area contributed by atoms with Crippen LogP contribution in [0.25, 0.3) is 10.8 Å². The molecule has 0 spiro atoms. The van der Waals surface area contributed by atoms with E-state index in [9.17, 15) is 19.5 Å². The van der Waals surface area contributed by atoms with Crippen LogP contribution in [-0.2, 0) is 17.8 Å². The van der Waals surface area contributed by atoms with E-state index in [1.165, 1.54) is 12.1 Å². The molecule has 0 radical (unpaired) electrons. The van der Waals surface area contributed by atoms with Gasteiger partial charge in [-0.05, 0) is 32.4 Å². The first kappa shape index (κ1) is 20.5. The summed E-state index contributed by atoms with van der Waals surface area (Å²) in [5.74, 6) is -1.55. The third-order valence-electron chi connectivity index (χ3n) is 4.97. The highest BCUT2D eigenvalue weighted by Crippen LogP contribution is 2.18. The van der Waals surface area contributed by atoms with Crippen LogP contribution >= 0.6 is 0 Å². The number of carbonyl (C=O) groups is 2. The molecule has 2 heterocycles. The number of methoxy groups -OCH3 is 1. The van der Waals surface area contributed by atoms with Crippen LogP contribution in [0.5, 0.6) is 0 Å². The van der Waals surface area contributed by atoms with E-state index in [0.29, 0.717) is 12.2 Å². The molecule has 0 saturated carbocycles. The lowest BCUT2D eigenvalue weighted by molar-refractivity contribution is 0.0688. The Balaban J connectivity index is 1.97. The fourth-order valence-corrected chi connectivity index (χ4v) is 3.52. The van der Waals surface area contributed by atoms with Crippen molar-refractivity contribution in [2.45, 2.75) is 33.4 Å². The molecular formula is C21H23N3O5. The number of rotatable bonds is 8. The van der Waals surface area contributed by atoms with E-state index in [1.54, 1.807) is 25.3 Å². The van der Waals surface area contributed by atoms with Crippen LogP contribution in [0.1, 0.15) is 38.7 Å². The molecule has 1 aromatic carbocycles. The maximum Gasteiger partial charge on any atom is 0.357 e. The Morgan fingerprint density at radius 3 is 2.52 bits per heavy atom. The third kappa shape index (κ3) is 3.97. The lowest BCUT2D eigenvalue weighted by Gasteiger charge is -2.10. The molecule has 0 fully saturated rings. The Labute approximate surface area is 167 Å². The second-order valence-corrected chi connectivity index (χ2v) is 6.87. The molecule has 152 valence electrons. The minimum Gasteiger partial charge on any atom is -0.476 e. The maximum absolute atomic E-state index is 12.9. The molecule has 0 aliphatic heterocycles. The van der Waals surface area contributed by atoms with Crippen LogP contribution in [0.2, 0.25) is 0 Å². The van der Waals surface area contributed by atoms with Gasteiger partial charge in [-0.25, -0.2) is 9.48 Å². The molecule has 1 N–H and O–H groups in total. The number of fused-ring (bicyclic) bond motifs is 1. The number of aromatic carboxylic acids is 1. The highest BCUT2D eigenvalue weighted by Gasteiger charge is 2.20. The minimum absolute atomic E-state index is 0.220. The molecule has 0 saturated heterocycles. The Kier molecular flexibility index (Phi) is 5.93. The van der Waals surface area contributed by atoms with Gasteiger partial charge in [-0.2, -0.15) is 5.10 Å². The van der Waals surface area contributed by atoms with Gasteiger partial charge in [0.1, 0.15) is 6.54 Å². The van der Waals surface area contributed by atoms with E-state index in [1.807, 2.05) is 18.4 Å². The van der Waals surface area contributed by atoms with Gasteiger partial charge in [0.2, 0.25) is 0 Å². The van der Waals surface area contributed by atoms with Crippen molar-refractivity contribution in [3.63, 3.8) is 0 Å². The van der Waals surface area contributed by atoms with Crippen molar-refractivity contribution >= 4 is 22.5 Å². The Morgan fingerprint density at radius 2 is 1.86 bits per heavy atom. The summed E-state index contributed by atoms with van der Waals surface area (Å²) < 4.78 is 8.05. The molecule has 0 bridgehead atoms. The van der Waals surface area contributed by atoms with Crippen molar-refractivity contribution in [3.8, 4) is 0 Å². The minimum atomic E-state index is -1.25. The molecule has 0 aliphatic rings. The van der Waals surface area contributed by atoms with Crippen LogP contribution in [0.15, 0.2) is 35.1 Å². The number of aromatic nitrogens is 3. The Bertz CT molecular complexity index is 1140. The molecule has 29 heavy (non-hydrogen) atoms. The standard InChI is InChI=1S/C21H23N3O5/c1-13-11-17(14(2)23(13)9-6-10-29-3)18(25)12-24-20(26)16-8-5-4-7-15(16)19(22-24)21(27)28/h4-5,7-8,11H,6,9-10,12H2,1-3H3,(H,27,28). The molecule has 0 aliphatic carbocycles. The summed E-state index contributed by atoms with van der Waals surface area (Å²) in [6.45, 7) is 4.78. The highest BCUT2D eigenvalue weighted by atomic mass is 16.5. The summed E-state index contributed by atoms with van der Waals surface area (Å²) in [6.07, 6.45) is 0.814. The predicted octanol–water partition coefficient (Wildman–Crippen LogP) is 2.43. The van der Waals surface area contributed by atoms with Gasteiger partial charge in [0.25, 0.3) is 5.56 Å². The lowest BCUT2D eigenvalue weighted by Crippen LogP contribution is -2.29. The topological polar surface area (TPSA) is 103 Å². The monoisotopic (exact) mass is 397 g/mol. The smallest absolute Gasteiger partial charge is 0.357 e. The van der Waals surface area contributed by atoms with E-state index in [-0.39, 0.29) is 28.8 Å².